The number of hydrogen-bond acceptors (Lipinski definition) is 8. The van der Waals surface area contributed by atoms with Crippen molar-refractivity contribution in [2.45, 2.75) is 38.1 Å². The van der Waals surface area contributed by atoms with Gasteiger partial charge in [0.2, 0.25) is 5.88 Å². The van der Waals surface area contributed by atoms with Crippen LogP contribution in [-0.2, 0) is 29.2 Å². The van der Waals surface area contributed by atoms with Gasteiger partial charge in [-0.3, -0.25) is 4.90 Å². The summed E-state index contributed by atoms with van der Waals surface area (Å²) in [5, 5.41) is 0. The number of ether oxygens (including phenoxy) is 4. The number of benzene rings is 2. The number of nitrogens with zero attached hydrogens (tertiary/aromatic N) is 4. The molecule has 4 atom stereocenters. The highest BCUT2D eigenvalue weighted by Gasteiger charge is 2.57. The largest absolute Gasteiger partial charge is 0.494 e. The number of piperidine rings is 1. The van der Waals surface area contributed by atoms with E-state index >= 15 is 0 Å². The molecule has 0 N–H and O–H groups in total. The maximum Gasteiger partial charge on any atom is 0.338 e. The Bertz CT molecular complexity index is 1560. The zero-order valence-electron chi connectivity index (χ0n) is 23.4. The smallest absolute Gasteiger partial charge is 0.338 e. The summed E-state index contributed by atoms with van der Waals surface area (Å²) in [4.78, 5) is 24.7. The third-order valence-corrected chi connectivity index (χ3v) is 8.67. The highest BCUT2D eigenvalue weighted by molar-refractivity contribution is 5.96. The van der Waals surface area contributed by atoms with Crippen molar-refractivity contribution in [1.82, 2.24) is 19.4 Å². The first-order valence-corrected chi connectivity index (χ1v) is 14.2. The van der Waals surface area contributed by atoms with Crippen LogP contribution in [0.1, 0.15) is 39.8 Å². The summed E-state index contributed by atoms with van der Waals surface area (Å²) < 4.78 is 24.6. The number of carbonyl (C=O) groups is 1. The molecule has 9 heteroatoms. The van der Waals surface area contributed by atoms with Gasteiger partial charge in [0.1, 0.15) is 23.7 Å². The Morgan fingerprint density at radius 3 is 2.54 bits per heavy atom. The molecule has 1 aliphatic carbocycles. The van der Waals surface area contributed by atoms with Crippen molar-refractivity contribution in [3.63, 3.8) is 0 Å². The van der Waals surface area contributed by atoms with E-state index in [2.05, 4.69) is 33.7 Å². The van der Waals surface area contributed by atoms with Crippen LogP contribution in [0.4, 0.5) is 0 Å². The molecule has 3 fully saturated rings. The first-order chi connectivity index (χ1) is 20.1. The summed E-state index contributed by atoms with van der Waals surface area (Å²) in [7, 11) is 2.99. The average Bonchev–Trinajstić information content (AvgIpc) is 3.29. The molecule has 2 aromatic carbocycles. The van der Waals surface area contributed by atoms with E-state index < -0.39 is 5.97 Å². The van der Waals surface area contributed by atoms with Crippen molar-refractivity contribution in [3.05, 3.63) is 83.3 Å². The highest BCUT2D eigenvalue weighted by atomic mass is 16.5. The number of carbonyl (C=O) groups excluding carboxylic acids is 1. The van der Waals surface area contributed by atoms with E-state index in [0.29, 0.717) is 48.1 Å². The lowest BCUT2D eigenvalue weighted by molar-refractivity contribution is -0.0591. The Hall–Kier alpha value is -3.95. The second-order valence-corrected chi connectivity index (χ2v) is 11.2. The van der Waals surface area contributed by atoms with E-state index in [0.717, 1.165) is 60.8 Å². The fraction of sp³-hybridized carbons (Fsp3) is 0.406. The van der Waals surface area contributed by atoms with E-state index in [9.17, 15) is 4.79 Å². The van der Waals surface area contributed by atoms with Gasteiger partial charge in [0.25, 0.3) is 0 Å². The molecule has 0 radical (unpaired) electrons. The number of methoxy groups -OCH3 is 2. The Morgan fingerprint density at radius 2 is 1.83 bits per heavy atom. The van der Waals surface area contributed by atoms with Gasteiger partial charge in [0.15, 0.2) is 0 Å². The van der Waals surface area contributed by atoms with E-state index in [1.165, 1.54) is 7.11 Å². The van der Waals surface area contributed by atoms with Gasteiger partial charge in [-0.25, -0.2) is 14.8 Å². The molecule has 212 valence electrons. The summed E-state index contributed by atoms with van der Waals surface area (Å²) in [6, 6.07) is 19.8. The molecule has 2 aliphatic heterocycles. The molecule has 3 aliphatic rings. The van der Waals surface area contributed by atoms with E-state index in [4.69, 9.17) is 28.9 Å². The summed E-state index contributed by atoms with van der Waals surface area (Å²) in [6.07, 6.45) is 1.17. The standard InChI is InChI=1S/C32H34N4O5/c1-38-27-14-21(32(37)39-2)13-26-31(27)34-28(36(26)15-22-11-12-40-22)18-35-16-23-24(17-35)30(23)25-9-6-10-29(33-25)41-19-20-7-4-3-5-8-20/h3-10,13-14,22-24,30H,11-12,15-19H2,1-2H3/t22?,23-,24+,30?. The maximum absolute atomic E-state index is 12.4. The molecule has 2 aromatic heterocycles. The van der Waals surface area contributed by atoms with Gasteiger partial charge in [0, 0.05) is 37.4 Å². The molecule has 41 heavy (non-hydrogen) atoms. The molecule has 4 aromatic rings. The van der Waals surface area contributed by atoms with Crippen LogP contribution < -0.4 is 9.47 Å². The van der Waals surface area contributed by atoms with E-state index in [1.54, 1.807) is 13.2 Å². The van der Waals surface area contributed by atoms with Crippen molar-refractivity contribution < 1.29 is 23.7 Å². The lowest BCUT2D eigenvalue weighted by Gasteiger charge is -2.28. The van der Waals surface area contributed by atoms with Crippen molar-refractivity contribution in [3.8, 4) is 11.6 Å². The summed E-state index contributed by atoms with van der Waals surface area (Å²) in [5.74, 6) is 3.45. The average molecular weight is 555 g/mol. The topological polar surface area (TPSA) is 87.9 Å². The fourth-order valence-corrected chi connectivity index (χ4v) is 6.40. The predicted octanol–water partition coefficient (Wildman–Crippen LogP) is 4.44. The number of imidazole rings is 1. The van der Waals surface area contributed by atoms with Crippen LogP contribution in [0.5, 0.6) is 11.6 Å². The SMILES string of the molecule is COC(=O)c1cc(OC)c2nc(CN3C[C@@H]4C(c5cccc(OCc6ccccc6)n5)[C@@H]4C3)n(CC3CCO3)c2c1. The van der Waals surface area contributed by atoms with Crippen LogP contribution in [0.2, 0.25) is 0 Å². The van der Waals surface area contributed by atoms with Crippen LogP contribution >= 0.6 is 0 Å². The van der Waals surface area contributed by atoms with Crippen molar-refractivity contribution in [2.24, 2.45) is 11.8 Å². The van der Waals surface area contributed by atoms with Crippen molar-refractivity contribution in [2.75, 3.05) is 33.9 Å². The van der Waals surface area contributed by atoms with Gasteiger partial charge in [-0.2, -0.15) is 0 Å². The molecule has 0 bridgehead atoms. The number of hydrogen-bond donors (Lipinski definition) is 0. The molecule has 7 rings (SSSR count). The zero-order valence-corrected chi connectivity index (χ0v) is 23.4. The number of pyridine rings is 1. The van der Waals surface area contributed by atoms with Gasteiger partial charge >= 0.3 is 5.97 Å². The second kappa shape index (κ2) is 10.8. The summed E-state index contributed by atoms with van der Waals surface area (Å²) in [6.45, 7) is 4.72. The number of rotatable bonds is 10. The third-order valence-electron chi connectivity index (χ3n) is 8.67. The van der Waals surface area contributed by atoms with Gasteiger partial charge in [-0.05, 0) is 42.0 Å². The molecule has 1 saturated carbocycles. The van der Waals surface area contributed by atoms with Crippen LogP contribution in [0.3, 0.4) is 0 Å². The molecule has 4 heterocycles. The van der Waals surface area contributed by atoms with Gasteiger partial charge < -0.3 is 23.5 Å². The second-order valence-electron chi connectivity index (χ2n) is 11.2. The maximum atomic E-state index is 12.4. The Morgan fingerprint density at radius 1 is 1.02 bits per heavy atom. The monoisotopic (exact) mass is 554 g/mol. The molecule has 2 unspecified atom stereocenters. The minimum atomic E-state index is -0.395. The minimum Gasteiger partial charge on any atom is -0.494 e. The molecular formula is C32H34N4O5. The first-order valence-electron chi connectivity index (χ1n) is 14.2. The summed E-state index contributed by atoms with van der Waals surface area (Å²) in [5.41, 5.74) is 4.33. The summed E-state index contributed by atoms with van der Waals surface area (Å²) >= 11 is 0. The van der Waals surface area contributed by atoms with Gasteiger partial charge in [-0.1, -0.05) is 36.4 Å². The fourth-order valence-electron chi connectivity index (χ4n) is 6.40. The molecular weight excluding hydrogens is 520 g/mol. The minimum absolute atomic E-state index is 0.151. The lowest BCUT2D eigenvalue weighted by Crippen LogP contribution is -2.33. The van der Waals surface area contributed by atoms with E-state index in [-0.39, 0.29) is 6.10 Å². The Labute approximate surface area is 239 Å². The first kappa shape index (κ1) is 26.0. The molecule has 2 saturated heterocycles. The number of aromatic nitrogens is 3. The Balaban J connectivity index is 1.06. The Kier molecular flexibility index (Phi) is 6.84. The van der Waals surface area contributed by atoms with Crippen LogP contribution in [0.25, 0.3) is 11.0 Å². The molecule has 0 amide bonds. The number of esters is 1. The zero-order chi connectivity index (χ0) is 27.9. The number of likely N-dealkylation sites (tertiary alicyclic amines) is 1. The van der Waals surface area contributed by atoms with E-state index in [1.807, 2.05) is 30.3 Å². The van der Waals surface area contributed by atoms with Crippen molar-refractivity contribution >= 4 is 17.0 Å². The van der Waals surface area contributed by atoms with Crippen LogP contribution in [0.15, 0.2) is 60.7 Å². The molecule has 9 nitrogen and oxygen atoms in total. The molecule has 0 spiro atoms. The predicted molar refractivity (Wildman–Crippen MR) is 152 cm³/mol. The van der Waals surface area contributed by atoms with Gasteiger partial charge in [0.05, 0.1) is 44.5 Å². The highest BCUT2D eigenvalue weighted by Crippen LogP contribution is 2.58. The van der Waals surface area contributed by atoms with Crippen molar-refractivity contribution in [1.29, 1.82) is 0 Å². The van der Waals surface area contributed by atoms with Crippen LogP contribution in [0, 0.1) is 11.8 Å². The number of fused-ring (bicyclic) bond motifs is 2. The lowest BCUT2D eigenvalue weighted by atomic mass is 10.1. The van der Waals surface area contributed by atoms with Gasteiger partial charge in [-0.15, -0.1) is 0 Å². The normalized spacial score (nSPS) is 23.2. The third kappa shape index (κ3) is 5.04. The van der Waals surface area contributed by atoms with Crippen LogP contribution in [-0.4, -0.2) is 65.4 Å². The quantitative estimate of drug-likeness (QED) is 0.266.